The Kier molecular flexibility index (Phi) is 5.87. The molecule has 1 atom stereocenters. The van der Waals surface area contributed by atoms with E-state index < -0.39 is 11.9 Å². The van der Waals surface area contributed by atoms with E-state index in [0.717, 1.165) is 0 Å². The first-order valence-electron chi connectivity index (χ1n) is 8.65. The predicted octanol–water partition coefficient (Wildman–Crippen LogP) is 0.713. The van der Waals surface area contributed by atoms with E-state index in [1.165, 1.54) is 4.90 Å². The van der Waals surface area contributed by atoms with Crippen LogP contribution in [-0.4, -0.2) is 54.3 Å². The van der Waals surface area contributed by atoms with E-state index in [2.05, 4.69) is 20.7 Å². The summed E-state index contributed by atoms with van der Waals surface area (Å²) in [6, 6.07) is 4.20. The van der Waals surface area contributed by atoms with E-state index in [-0.39, 0.29) is 50.4 Å². The fourth-order valence-electron chi connectivity index (χ4n) is 3.16. The summed E-state index contributed by atoms with van der Waals surface area (Å²) in [5.74, 6) is -1.46. The Morgan fingerprint density at radius 2 is 2.21 bits per heavy atom. The van der Waals surface area contributed by atoms with Gasteiger partial charge in [-0.05, 0) is 35.7 Å². The summed E-state index contributed by atoms with van der Waals surface area (Å²) in [4.78, 5) is 51.9. The molecule has 1 fully saturated rings. The van der Waals surface area contributed by atoms with Gasteiger partial charge in [0.2, 0.25) is 17.7 Å². The number of azide groups is 1. The van der Waals surface area contributed by atoms with Gasteiger partial charge in [0.25, 0.3) is 5.91 Å². The minimum atomic E-state index is -0.680. The van der Waals surface area contributed by atoms with Crippen molar-refractivity contribution in [3.63, 3.8) is 0 Å². The van der Waals surface area contributed by atoms with Gasteiger partial charge >= 0.3 is 0 Å². The van der Waals surface area contributed by atoms with E-state index in [1.807, 2.05) is 0 Å². The minimum absolute atomic E-state index is 0.136. The van der Waals surface area contributed by atoms with Gasteiger partial charge < -0.3 is 15.0 Å². The maximum Gasteiger partial charge on any atom is 0.255 e. The number of nitrogens with zero attached hydrogens (tertiary/aromatic N) is 4. The highest BCUT2D eigenvalue weighted by molar-refractivity contribution is 6.05. The highest BCUT2D eigenvalue weighted by atomic mass is 16.5. The third-order valence-corrected chi connectivity index (χ3v) is 4.44. The number of ether oxygens (including phenoxy) is 1. The average Bonchev–Trinajstić information content (AvgIpc) is 2.97. The zero-order valence-electron chi connectivity index (χ0n) is 14.9. The summed E-state index contributed by atoms with van der Waals surface area (Å²) >= 11 is 0. The first-order valence-corrected chi connectivity index (χ1v) is 8.65. The van der Waals surface area contributed by atoms with Crippen LogP contribution in [-0.2, 0) is 25.7 Å². The fraction of sp³-hybridized carbons (Fsp3) is 0.412. The van der Waals surface area contributed by atoms with Crippen molar-refractivity contribution in [1.82, 2.24) is 10.2 Å². The van der Waals surface area contributed by atoms with Gasteiger partial charge in [0, 0.05) is 35.7 Å². The van der Waals surface area contributed by atoms with Crippen molar-refractivity contribution in [2.45, 2.75) is 25.4 Å². The molecule has 11 heteroatoms. The molecular formula is C17H18N6O5. The molecule has 4 amide bonds. The Bertz CT molecular complexity index is 879. The van der Waals surface area contributed by atoms with Crippen LogP contribution in [0.2, 0.25) is 0 Å². The zero-order chi connectivity index (χ0) is 20.1. The third-order valence-electron chi connectivity index (χ3n) is 4.44. The van der Waals surface area contributed by atoms with E-state index in [0.29, 0.717) is 23.2 Å². The van der Waals surface area contributed by atoms with Crippen LogP contribution in [0, 0.1) is 0 Å². The summed E-state index contributed by atoms with van der Waals surface area (Å²) in [6.07, 6.45) is 0.485. The van der Waals surface area contributed by atoms with E-state index in [1.54, 1.807) is 18.2 Å². The van der Waals surface area contributed by atoms with Crippen molar-refractivity contribution in [3.05, 3.63) is 39.8 Å². The lowest BCUT2D eigenvalue weighted by molar-refractivity contribution is -0.137. The van der Waals surface area contributed by atoms with E-state index in [4.69, 9.17) is 10.3 Å². The fourth-order valence-corrected chi connectivity index (χ4v) is 3.16. The number of rotatable bonds is 7. The number of amides is 4. The van der Waals surface area contributed by atoms with Crippen LogP contribution in [0.25, 0.3) is 10.4 Å². The molecule has 0 aliphatic carbocycles. The second-order valence-electron chi connectivity index (χ2n) is 6.33. The van der Waals surface area contributed by atoms with Gasteiger partial charge in [0.05, 0.1) is 6.61 Å². The van der Waals surface area contributed by atoms with Crippen LogP contribution in [0.3, 0.4) is 0 Å². The Balaban J connectivity index is 1.60. The van der Waals surface area contributed by atoms with Crippen LogP contribution in [0.15, 0.2) is 23.3 Å². The maximum absolute atomic E-state index is 12.6. The summed E-state index contributed by atoms with van der Waals surface area (Å²) in [5, 5.41) is 8.21. The lowest BCUT2D eigenvalue weighted by Crippen LogP contribution is -2.52. The molecule has 0 radical (unpaired) electrons. The molecule has 11 nitrogen and oxygen atoms in total. The van der Waals surface area contributed by atoms with Crippen LogP contribution in [0.5, 0.6) is 0 Å². The first kappa shape index (κ1) is 19.3. The largest absolute Gasteiger partial charge is 0.371 e. The Morgan fingerprint density at radius 3 is 2.96 bits per heavy atom. The van der Waals surface area contributed by atoms with Crippen LogP contribution in [0.4, 0.5) is 5.69 Å². The third kappa shape index (κ3) is 4.27. The van der Waals surface area contributed by atoms with Gasteiger partial charge in [-0.25, -0.2) is 0 Å². The molecule has 2 aliphatic heterocycles. The zero-order valence-corrected chi connectivity index (χ0v) is 14.9. The topological polar surface area (TPSA) is 154 Å². The molecule has 2 heterocycles. The van der Waals surface area contributed by atoms with Gasteiger partial charge in [0.15, 0.2) is 0 Å². The quantitative estimate of drug-likeness (QED) is 0.232. The molecule has 1 unspecified atom stereocenters. The Morgan fingerprint density at radius 1 is 1.39 bits per heavy atom. The van der Waals surface area contributed by atoms with Gasteiger partial charge in [-0.1, -0.05) is 5.11 Å². The SMILES string of the molecule is [N-]=[N+]=NCCOCC(=O)Nc1ccc2c(c1)CN(C1CCC(=O)NC1=O)C2=O. The number of carbonyl (C=O) groups is 4. The van der Waals surface area contributed by atoms with Crippen molar-refractivity contribution in [2.24, 2.45) is 5.11 Å². The van der Waals surface area contributed by atoms with Crippen molar-refractivity contribution >= 4 is 29.3 Å². The molecule has 3 rings (SSSR count). The number of imide groups is 1. The van der Waals surface area contributed by atoms with Crippen molar-refractivity contribution in [2.75, 3.05) is 25.1 Å². The molecule has 0 saturated carbocycles. The molecule has 1 aromatic rings. The minimum Gasteiger partial charge on any atom is -0.371 e. The molecule has 1 saturated heterocycles. The molecule has 2 N–H and O–H groups in total. The van der Waals surface area contributed by atoms with E-state index in [9.17, 15) is 19.2 Å². The van der Waals surface area contributed by atoms with Gasteiger partial charge in [-0.3, -0.25) is 24.5 Å². The Hall–Kier alpha value is -3.43. The lowest BCUT2D eigenvalue weighted by atomic mass is 10.0. The number of anilines is 1. The second-order valence-corrected chi connectivity index (χ2v) is 6.33. The number of nitrogens with one attached hydrogen (secondary N) is 2. The van der Waals surface area contributed by atoms with Crippen LogP contribution in [0.1, 0.15) is 28.8 Å². The molecule has 0 aromatic heterocycles. The molecule has 146 valence electrons. The highest BCUT2D eigenvalue weighted by Gasteiger charge is 2.39. The summed E-state index contributed by atoms with van der Waals surface area (Å²) < 4.78 is 5.09. The van der Waals surface area contributed by atoms with Crippen molar-refractivity contribution in [3.8, 4) is 0 Å². The molecule has 28 heavy (non-hydrogen) atoms. The number of fused-ring (bicyclic) bond motifs is 1. The molecule has 2 aliphatic rings. The number of hydrogen-bond acceptors (Lipinski definition) is 6. The summed E-state index contributed by atoms with van der Waals surface area (Å²) in [6.45, 7) is 0.310. The molecule has 0 spiro atoms. The molecule has 1 aromatic carbocycles. The standard InChI is InChI=1S/C17H18N6O5/c18-22-19-5-6-28-9-15(25)20-11-1-2-12-10(7-11)8-23(17(12)27)13-3-4-14(24)21-16(13)26/h1-2,7,13H,3-6,8-9H2,(H,20,25)(H,21,24,26). The smallest absolute Gasteiger partial charge is 0.255 e. The number of carbonyl (C=O) groups excluding carboxylic acids is 4. The lowest BCUT2D eigenvalue weighted by Gasteiger charge is -2.29. The van der Waals surface area contributed by atoms with E-state index >= 15 is 0 Å². The normalized spacial score (nSPS) is 18.4. The van der Waals surface area contributed by atoms with Crippen LogP contribution >= 0.6 is 0 Å². The first-order chi connectivity index (χ1) is 13.5. The van der Waals surface area contributed by atoms with Gasteiger partial charge in [-0.15, -0.1) is 0 Å². The van der Waals surface area contributed by atoms with Crippen molar-refractivity contribution in [1.29, 1.82) is 0 Å². The Labute approximate surface area is 159 Å². The number of benzene rings is 1. The average molecular weight is 386 g/mol. The van der Waals surface area contributed by atoms with Gasteiger partial charge in [-0.2, -0.15) is 0 Å². The predicted molar refractivity (Wildman–Crippen MR) is 95.9 cm³/mol. The summed E-state index contributed by atoms with van der Waals surface area (Å²) in [5.41, 5.74) is 9.81. The highest BCUT2D eigenvalue weighted by Crippen LogP contribution is 2.29. The second kappa shape index (κ2) is 8.51. The maximum atomic E-state index is 12.6. The number of hydrogen-bond donors (Lipinski definition) is 2. The molecular weight excluding hydrogens is 368 g/mol. The van der Waals surface area contributed by atoms with Gasteiger partial charge in [0.1, 0.15) is 12.6 Å². The number of piperidine rings is 1. The molecule has 0 bridgehead atoms. The van der Waals surface area contributed by atoms with Crippen LogP contribution < -0.4 is 10.6 Å². The summed E-state index contributed by atoms with van der Waals surface area (Å²) in [7, 11) is 0. The monoisotopic (exact) mass is 386 g/mol. The van der Waals surface area contributed by atoms with Crippen molar-refractivity contribution < 1.29 is 23.9 Å².